The van der Waals surface area contributed by atoms with Crippen molar-refractivity contribution in [2.75, 3.05) is 26.4 Å². The van der Waals surface area contributed by atoms with Crippen molar-refractivity contribution < 1.29 is 28.8 Å². The van der Waals surface area contributed by atoms with Crippen LogP contribution in [0.25, 0.3) is 0 Å². The topological polar surface area (TPSA) is 74.2 Å². The second-order valence-electron chi connectivity index (χ2n) is 5.35. The Hall–Kier alpha value is -0.850. The molecule has 0 spiro atoms. The molecule has 0 aliphatic heterocycles. The molecule has 3 atom stereocenters. The minimum atomic E-state index is -0.800. The van der Waals surface area contributed by atoms with Gasteiger partial charge in [-0.3, -0.25) is 0 Å². The molecule has 0 aromatic rings. The molecule has 3 unspecified atom stereocenters. The zero-order chi connectivity index (χ0) is 15.5. The molecule has 120 valence electrons. The van der Waals surface area contributed by atoms with E-state index in [2.05, 4.69) is 13.8 Å². The third-order valence-electron chi connectivity index (χ3n) is 2.32. The molecule has 0 saturated carbocycles. The summed E-state index contributed by atoms with van der Waals surface area (Å²) in [5.74, 6) is 0.487. The Morgan fingerprint density at radius 3 is 2.00 bits per heavy atom. The van der Waals surface area contributed by atoms with E-state index in [1.807, 2.05) is 6.92 Å². The number of rotatable bonds is 10. The van der Waals surface area contributed by atoms with Crippen LogP contribution in [0.3, 0.4) is 0 Å². The summed E-state index contributed by atoms with van der Waals surface area (Å²) in [7, 11) is 0. The smallest absolute Gasteiger partial charge is 0.432 e. The maximum atomic E-state index is 11.2. The molecule has 0 rings (SSSR count). The molecule has 1 N–H and O–H groups in total. The number of aliphatic hydroxyl groups is 1. The van der Waals surface area contributed by atoms with Gasteiger partial charge in [0.25, 0.3) is 0 Å². The number of ether oxygens (including phenoxy) is 4. The Balaban J connectivity index is 3.67. The minimum absolute atomic E-state index is 0.00112. The van der Waals surface area contributed by atoms with E-state index >= 15 is 0 Å². The fraction of sp³-hybridized carbons (Fsp3) is 0.929. The molecule has 0 amide bonds. The molecule has 20 heavy (non-hydrogen) atoms. The molecule has 6 nitrogen and oxygen atoms in total. The quantitative estimate of drug-likeness (QED) is 0.621. The molecule has 0 saturated heterocycles. The van der Waals surface area contributed by atoms with Crippen LogP contribution in [-0.4, -0.2) is 56.0 Å². The molecule has 6 heteroatoms. The van der Waals surface area contributed by atoms with E-state index in [1.54, 1.807) is 13.8 Å². The van der Waals surface area contributed by atoms with Crippen molar-refractivity contribution in [1.29, 1.82) is 0 Å². The largest absolute Gasteiger partial charge is 0.508 e. The van der Waals surface area contributed by atoms with Crippen LogP contribution in [0.1, 0.15) is 34.6 Å². The first-order chi connectivity index (χ1) is 9.35. The highest BCUT2D eigenvalue weighted by Gasteiger charge is 2.13. The van der Waals surface area contributed by atoms with Gasteiger partial charge in [-0.2, -0.15) is 0 Å². The van der Waals surface area contributed by atoms with Crippen LogP contribution in [0.5, 0.6) is 0 Å². The first-order valence-electron chi connectivity index (χ1n) is 7.02. The van der Waals surface area contributed by atoms with Crippen molar-refractivity contribution >= 4 is 6.16 Å². The van der Waals surface area contributed by atoms with E-state index in [1.165, 1.54) is 0 Å². The fourth-order valence-electron chi connectivity index (χ4n) is 1.17. The highest BCUT2D eigenvalue weighted by atomic mass is 16.7. The van der Waals surface area contributed by atoms with Gasteiger partial charge in [0, 0.05) is 6.61 Å². The molecular weight excluding hydrogens is 264 g/mol. The predicted octanol–water partition coefficient (Wildman–Crippen LogP) is 1.99. The average Bonchev–Trinajstić information content (AvgIpc) is 2.40. The highest BCUT2D eigenvalue weighted by Crippen LogP contribution is 2.02. The first-order valence-corrected chi connectivity index (χ1v) is 7.02. The van der Waals surface area contributed by atoms with Crippen molar-refractivity contribution in [2.24, 2.45) is 5.92 Å². The Kier molecular flexibility index (Phi) is 10.4. The Morgan fingerprint density at radius 1 is 0.900 bits per heavy atom. The Labute approximate surface area is 121 Å². The predicted molar refractivity (Wildman–Crippen MR) is 74.6 cm³/mol. The second kappa shape index (κ2) is 10.9. The van der Waals surface area contributed by atoms with Crippen LogP contribution < -0.4 is 0 Å². The van der Waals surface area contributed by atoms with Gasteiger partial charge in [-0.25, -0.2) is 4.79 Å². The summed E-state index contributed by atoms with van der Waals surface area (Å²) < 4.78 is 20.7. The number of hydrogen-bond acceptors (Lipinski definition) is 6. The number of carbonyl (C=O) groups is 1. The van der Waals surface area contributed by atoms with Crippen molar-refractivity contribution in [3.8, 4) is 0 Å². The molecule has 0 fully saturated rings. The first kappa shape index (κ1) is 19.1. The van der Waals surface area contributed by atoms with Crippen LogP contribution in [-0.2, 0) is 18.9 Å². The molecule has 0 bridgehead atoms. The molecule has 0 aliphatic carbocycles. The maximum Gasteiger partial charge on any atom is 0.508 e. The van der Waals surface area contributed by atoms with E-state index in [-0.39, 0.29) is 25.4 Å². The molecule has 0 heterocycles. The fourth-order valence-corrected chi connectivity index (χ4v) is 1.17. The van der Waals surface area contributed by atoms with Crippen molar-refractivity contribution in [1.82, 2.24) is 0 Å². The Morgan fingerprint density at radius 2 is 1.45 bits per heavy atom. The number of carbonyl (C=O) groups excluding carboxylic acids is 1. The monoisotopic (exact) mass is 292 g/mol. The van der Waals surface area contributed by atoms with Crippen LogP contribution in [0, 0.1) is 5.92 Å². The van der Waals surface area contributed by atoms with Crippen LogP contribution in [0.4, 0.5) is 4.79 Å². The lowest BCUT2D eigenvalue weighted by Gasteiger charge is -2.18. The normalized spacial score (nSPS) is 15.8. The van der Waals surface area contributed by atoms with Crippen molar-refractivity contribution in [3.05, 3.63) is 0 Å². The van der Waals surface area contributed by atoms with E-state index in [0.29, 0.717) is 19.1 Å². The summed E-state index contributed by atoms with van der Waals surface area (Å²) in [6.45, 7) is 10.5. The molecular formula is C14H28O6. The second-order valence-corrected chi connectivity index (χ2v) is 5.35. The molecule has 0 radical (unpaired) electrons. The van der Waals surface area contributed by atoms with Gasteiger partial charge < -0.3 is 24.1 Å². The van der Waals surface area contributed by atoms with Crippen LogP contribution in [0.15, 0.2) is 0 Å². The number of hydrogen-bond donors (Lipinski definition) is 1. The summed E-state index contributed by atoms with van der Waals surface area (Å²) in [5.41, 5.74) is 0. The van der Waals surface area contributed by atoms with Gasteiger partial charge >= 0.3 is 6.16 Å². The third-order valence-corrected chi connectivity index (χ3v) is 2.32. The van der Waals surface area contributed by atoms with E-state index in [4.69, 9.17) is 24.1 Å². The number of aliphatic hydroxyl groups excluding tert-OH is 1. The van der Waals surface area contributed by atoms with Gasteiger partial charge in [-0.05, 0) is 26.7 Å². The van der Waals surface area contributed by atoms with Crippen LogP contribution in [0.2, 0.25) is 0 Å². The highest BCUT2D eigenvalue weighted by molar-refractivity contribution is 5.60. The zero-order valence-corrected chi connectivity index (χ0v) is 13.1. The van der Waals surface area contributed by atoms with E-state index in [9.17, 15) is 4.79 Å². The Bertz CT molecular complexity index is 256. The maximum absolute atomic E-state index is 11.2. The SMILES string of the molecule is CC(C)COC(C)COC(C)COC(=O)OC(C)CO. The summed E-state index contributed by atoms with van der Waals surface area (Å²) in [6, 6.07) is 0. The lowest BCUT2D eigenvalue weighted by molar-refractivity contribution is -0.0621. The van der Waals surface area contributed by atoms with Gasteiger partial charge in [0.05, 0.1) is 25.4 Å². The summed E-state index contributed by atoms with van der Waals surface area (Å²) in [5, 5.41) is 8.72. The third kappa shape index (κ3) is 11.0. The summed E-state index contributed by atoms with van der Waals surface area (Å²) in [4.78, 5) is 11.2. The van der Waals surface area contributed by atoms with Gasteiger partial charge in [-0.15, -0.1) is 0 Å². The average molecular weight is 292 g/mol. The molecule has 0 aliphatic rings. The summed E-state index contributed by atoms with van der Waals surface area (Å²) >= 11 is 0. The van der Waals surface area contributed by atoms with Gasteiger partial charge in [0.2, 0.25) is 0 Å². The van der Waals surface area contributed by atoms with Crippen molar-refractivity contribution in [2.45, 2.75) is 52.9 Å². The van der Waals surface area contributed by atoms with Gasteiger partial charge in [0.1, 0.15) is 12.7 Å². The summed E-state index contributed by atoms with van der Waals surface area (Å²) in [6.07, 6.45) is -1.60. The molecule has 0 aromatic carbocycles. The van der Waals surface area contributed by atoms with E-state index < -0.39 is 12.3 Å². The van der Waals surface area contributed by atoms with Crippen molar-refractivity contribution in [3.63, 3.8) is 0 Å². The standard InChI is InChI=1S/C14H28O6/c1-10(2)7-17-12(4)8-18-13(5)9-19-14(16)20-11(3)6-15/h10-13,15H,6-9H2,1-5H3. The van der Waals surface area contributed by atoms with Gasteiger partial charge in [-0.1, -0.05) is 13.8 Å². The minimum Gasteiger partial charge on any atom is -0.432 e. The zero-order valence-electron chi connectivity index (χ0n) is 13.1. The lowest BCUT2D eigenvalue weighted by Crippen LogP contribution is -2.26. The van der Waals surface area contributed by atoms with Gasteiger partial charge in [0.15, 0.2) is 0 Å². The van der Waals surface area contributed by atoms with E-state index in [0.717, 1.165) is 0 Å². The lowest BCUT2D eigenvalue weighted by atomic mass is 10.2. The molecule has 0 aromatic heterocycles. The van der Waals surface area contributed by atoms with Crippen LogP contribution >= 0.6 is 0 Å².